The Bertz CT molecular complexity index is 185. The van der Waals surface area contributed by atoms with E-state index in [0.29, 0.717) is 6.42 Å². The smallest absolute Gasteiger partial charge is 0.313 e. The number of hydrogen-bond donors (Lipinski definition) is 1. The van der Waals surface area contributed by atoms with E-state index in [4.69, 9.17) is 5.11 Å². The molecular weight excluding hydrogens is 164 g/mol. The third kappa shape index (κ3) is 3.21. The molecule has 0 aromatic carbocycles. The summed E-state index contributed by atoms with van der Waals surface area (Å²) in [5.74, 6) is -0.693. The highest BCUT2D eigenvalue weighted by Gasteiger charge is 2.32. The molecule has 1 unspecified atom stereocenters. The number of allylic oxidation sites excluding steroid dienone is 1. The minimum absolute atomic E-state index is 0.620. The van der Waals surface area contributed by atoms with E-state index in [2.05, 4.69) is 6.92 Å². The maximum Gasteiger partial charge on any atom is 0.313 e. The molecule has 1 atom stereocenters. The van der Waals surface area contributed by atoms with Crippen molar-refractivity contribution in [2.24, 2.45) is 5.41 Å². The van der Waals surface area contributed by atoms with Gasteiger partial charge in [-0.05, 0) is 19.8 Å². The Morgan fingerprint density at radius 2 is 2.08 bits per heavy atom. The Hall–Kier alpha value is -0.790. The number of unbranched alkanes of at least 4 members (excludes halogenated alkanes) is 1. The fourth-order valence-electron chi connectivity index (χ4n) is 1.52. The number of carbonyl (C=O) groups is 1. The number of rotatable bonds is 6. The SMILES string of the molecule is C/C=C\C(CC)(CCCC)C(=O)O. The van der Waals surface area contributed by atoms with Gasteiger partial charge in [-0.2, -0.15) is 0 Å². The van der Waals surface area contributed by atoms with Crippen LogP contribution in [0.5, 0.6) is 0 Å². The second-order valence-corrected chi connectivity index (χ2v) is 3.42. The lowest BCUT2D eigenvalue weighted by Crippen LogP contribution is -2.28. The first kappa shape index (κ1) is 12.2. The van der Waals surface area contributed by atoms with E-state index in [1.54, 1.807) is 0 Å². The van der Waals surface area contributed by atoms with E-state index in [0.717, 1.165) is 19.3 Å². The molecular formula is C11H20O2. The van der Waals surface area contributed by atoms with Crippen molar-refractivity contribution in [2.45, 2.75) is 46.5 Å². The average Bonchev–Trinajstić information content (AvgIpc) is 2.12. The van der Waals surface area contributed by atoms with Crippen LogP contribution in [0.25, 0.3) is 0 Å². The van der Waals surface area contributed by atoms with Crippen molar-refractivity contribution in [1.29, 1.82) is 0 Å². The molecule has 0 amide bonds. The Morgan fingerprint density at radius 1 is 1.46 bits per heavy atom. The van der Waals surface area contributed by atoms with Crippen LogP contribution in [0.3, 0.4) is 0 Å². The van der Waals surface area contributed by atoms with Crippen molar-refractivity contribution in [2.75, 3.05) is 0 Å². The lowest BCUT2D eigenvalue weighted by molar-refractivity contribution is -0.146. The van der Waals surface area contributed by atoms with Crippen LogP contribution in [0.2, 0.25) is 0 Å². The minimum atomic E-state index is -0.693. The van der Waals surface area contributed by atoms with Gasteiger partial charge in [0.1, 0.15) is 0 Å². The quantitative estimate of drug-likeness (QED) is 0.643. The molecule has 0 aromatic rings. The molecule has 0 bridgehead atoms. The largest absolute Gasteiger partial charge is 0.481 e. The molecule has 0 aliphatic heterocycles. The highest BCUT2D eigenvalue weighted by atomic mass is 16.4. The number of aliphatic carboxylic acids is 1. The average molecular weight is 184 g/mol. The third-order valence-electron chi connectivity index (χ3n) is 2.52. The zero-order chi connectivity index (χ0) is 10.3. The van der Waals surface area contributed by atoms with E-state index in [1.807, 2.05) is 26.0 Å². The molecule has 0 radical (unpaired) electrons. The maximum absolute atomic E-state index is 11.1. The van der Waals surface area contributed by atoms with Crippen LogP contribution in [0, 0.1) is 5.41 Å². The molecule has 0 aromatic heterocycles. The van der Waals surface area contributed by atoms with Crippen LogP contribution in [0.4, 0.5) is 0 Å². The van der Waals surface area contributed by atoms with Gasteiger partial charge in [0.15, 0.2) is 0 Å². The van der Waals surface area contributed by atoms with Gasteiger partial charge in [0.05, 0.1) is 5.41 Å². The first-order valence-corrected chi connectivity index (χ1v) is 5.00. The van der Waals surface area contributed by atoms with Crippen molar-refractivity contribution in [3.63, 3.8) is 0 Å². The van der Waals surface area contributed by atoms with E-state index < -0.39 is 11.4 Å². The number of carboxylic acids is 1. The van der Waals surface area contributed by atoms with Crippen LogP contribution in [-0.2, 0) is 4.79 Å². The summed E-state index contributed by atoms with van der Waals surface area (Å²) in [6.45, 7) is 5.89. The summed E-state index contributed by atoms with van der Waals surface area (Å²) in [7, 11) is 0. The second-order valence-electron chi connectivity index (χ2n) is 3.42. The topological polar surface area (TPSA) is 37.3 Å². The molecule has 76 valence electrons. The van der Waals surface area contributed by atoms with Crippen molar-refractivity contribution in [3.05, 3.63) is 12.2 Å². The molecule has 0 heterocycles. The molecule has 0 saturated heterocycles. The van der Waals surface area contributed by atoms with Crippen LogP contribution in [0.1, 0.15) is 46.5 Å². The summed E-state index contributed by atoms with van der Waals surface area (Å²) in [5.41, 5.74) is -0.620. The molecule has 0 saturated carbocycles. The van der Waals surface area contributed by atoms with Crippen LogP contribution >= 0.6 is 0 Å². The molecule has 0 fully saturated rings. The number of carboxylic acid groups (broad SMARTS) is 1. The van der Waals surface area contributed by atoms with Gasteiger partial charge in [-0.3, -0.25) is 4.79 Å². The molecule has 0 aliphatic carbocycles. The van der Waals surface area contributed by atoms with Gasteiger partial charge in [-0.25, -0.2) is 0 Å². The summed E-state index contributed by atoms with van der Waals surface area (Å²) in [4.78, 5) is 11.1. The monoisotopic (exact) mass is 184 g/mol. The van der Waals surface area contributed by atoms with Crippen molar-refractivity contribution < 1.29 is 9.90 Å². The van der Waals surface area contributed by atoms with Gasteiger partial charge in [0.25, 0.3) is 0 Å². The van der Waals surface area contributed by atoms with Gasteiger partial charge >= 0.3 is 5.97 Å². The molecule has 2 heteroatoms. The summed E-state index contributed by atoms with van der Waals surface area (Å²) >= 11 is 0. The first-order valence-electron chi connectivity index (χ1n) is 5.00. The van der Waals surface area contributed by atoms with E-state index in [1.165, 1.54) is 0 Å². The molecule has 2 nitrogen and oxygen atoms in total. The zero-order valence-corrected chi connectivity index (χ0v) is 8.84. The highest BCUT2D eigenvalue weighted by Crippen LogP contribution is 2.30. The molecule has 0 spiro atoms. The standard InChI is InChI=1S/C11H20O2/c1-4-7-9-11(6-3,8-5-2)10(12)13/h5,8H,4,6-7,9H2,1-3H3,(H,12,13)/b8-5-. The van der Waals surface area contributed by atoms with Crippen LogP contribution in [0.15, 0.2) is 12.2 Å². The number of hydrogen-bond acceptors (Lipinski definition) is 1. The van der Waals surface area contributed by atoms with Crippen LogP contribution in [-0.4, -0.2) is 11.1 Å². The van der Waals surface area contributed by atoms with Crippen molar-refractivity contribution in [3.8, 4) is 0 Å². The Balaban J connectivity index is 4.54. The molecule has 0 aliphatic rings. The van der Waals surface area contributed by atoms with Gasteiger partial charge in [0, 0.05) is 0 Å². The fraction of sp³-hybridized carbons (Fsp3) is 0.727. The Labute approximate surface area is 80.7 Å². The highest BCUT2D eigenvalue weighted by molar-refractivity contribution is 5.76. The summed E-state index contributed by atoms with van der Waals surface area (Å²) in [5, 5.41) is 9.13. The minimum Gasteiger partial charge on any atom is -0.481 e. The van der Waals surface area contributed by atoms with Crippen LogP contribution < -0.4 is 0 Å². The van der Waals surface area contributed by atoms with Gasteiger partial charge in [-0.15, -0.1) is 0 Å². The van der Waals surface area contributed by atoms with Crippen molar-refractivity contribution >= 4 is 5.97 Å². The van der Waals surface area contributed by atoms with Gasteiger partial charge < -0.3 is 5.11 Å². The lowest BCUT2D eigenvalue weighted by atomic mass is 9.80. The van der Waals surface area contributed by atoms with Gasteiger partial charge in [-0.1, -0.05) is 38.8 Å². The molecule has 1 N–H and O–H groups in total. The van der Waals surface area contributed by atoms with E-state index in [9.17, 15) is 4.79 Å². The first-order chi connectivity index (χ1) is 6.13. The molecule has 13 heavy (non-hydrogen) atoms. The van der Waals surface area contributed by atoms with E-state index >= 15 is 0 Å². The third-order valence-corrected chi connectivity index (χ3v) is 2.52. The Kier molecular flexibility index (Phi) is 5.44. The normalized spacial score (nSPS) is 15.9. The predicted molar refractivity (Wildman–Crippen MR) is 54.7 cm³/mol. The summed E-state index contributed by atoms with van der Waals surface area (Å²) in [6, 6.07) is 0. The summed E-state index contributed by atoms with van der Waals surface area (Å²) in [6.07, 6.45) is 7.11. The summed E-state index contributed by atoms with van der Waals surface area (Å²) < 4.78 is 0. The Morgan fingerprint density at radius 3 is 2.38 bits per heavy atom. The van der Waals surface area contributed by atoms with Gasteiger partial charge in [0.2, 0.25) is 0 Å². The zero-order valence-electron chi connectivity index (χ0n) is 8.84. The van der Waals surface area contributed by atoms with E-state index in [-0.39, 0.29) is 0 Å². The lowest BCUT2D eigenvalue weighted by Gasteiger charge is -2.24. The maximum atomic E-state index is 11.1. The predicted octanol–water partition coefficient (Wildman–Crippen LogP) is 3.23. The fourth-order valence-corrected chi connectivity index (χ4v) is 1.52. The molecule has 0 rings (SSSR count). The van der Waals surface area contributed by atoms with Crippen molar-refractivity contribution in [1.82, 2.24) is 0 Å². The second kappa shape index (κ2) is 5.79.